The largest absolute Gasteiger partial charge is 0.490 e. The minimum absolute atomic E-state index is 0.0109. The summed E-state index contributed by atoms with van der Waals surface area (Å²) in [7, 11) is 0. The number of hydrogen-bond donors (Lipinski definition) is 2. The average Bonchev–Trinajstić information content (AvgIpc) is 3.04. The highest BCUT2D eigenvalue weighted by Gasteiger charge is 2.41. The molecule has 0 bridgehead atoms. The SMILES string of the molecule is CC1CNCCC1C(=O)N1CCn2c(nnc2C(F)(F)F)C1.O=C(O)C(F)(F)F. The first-order valence-corrected chi connectivity index (χ1v) is 8.61. The number of aromatic nitrogens is 3. The molecule has 0 saturated carbocycles. The number of hydrogen-bond acceptors (Lipinski definition) is 5. The number of nitrogens with zero attached hydrogens (tertiary/aromatic N) is 4. The van der Waals surface area contributed by atoms with Gasteiger partial charge in [-0.15, -0.1) is 10.2 Å². The molecular formula is C15H19F6N5O3. The predicted octanol–water partition coefficient (Wildman–Crippen LogP) is 1.52. The number of carboxylic acids is 1. The highest BCUT2D eigenvalue weighted by atomic mass is 19.4. The number of halogens is 6. The van der Waals surface area contributed by atoms with E-state index < -0.39 is 24.1 Å². The first kappa shape index (κ1) is 22.9. The summed E-state index contributed by atoms with van der Waals surface area (Å²) in [6.07, 6.45) is -8.84. The van der Waals surface area contributed by atoms with Gasteiger partial charge in [0.05, 0.1) is 6.54 Å². The van der Waals surface area contributed by atoms with E-state index in [2.05, 4.69) is 15.5 Å². The van der Waals surface area contributed by atoms with Gasteiger partial charge in [-0.1, -0.05) is 6.92 Å². The van der Waals surface area contributed by atoms with E-state index in [1.54, 1.807) is 4.90 Å². The van der Waals surface area contributed by atoms with E-state index in [4.69, 9.17) is 9.90 Å². The number of rotatable bonds is 1. The van der Waals surface area contributed by atoms with Crippen molar-refractivity contribution in [2.24, 2.45) is 11.8 Å². The second-order valence-corrected chi connectivity index (χ2v) is 6.73. The van der Waals surface area contributed by atoms with Gasteiger partial charge in [-0.3, -0.25) is 4.79 Å². The number of nitrogens with one attached hydrogen (secondary N) is 1. The first-order valence-electron chi connectivity index (χ1n) is 8.61. The highest BCUT2D eigenvalue weighted by molar-refractivity contribution is 5.79. The van der Waals surface area contributed by atoms with Crippen molar-refractivity contribution in [3.05, 3.63) is 11.6 Å². The average molecular weight is 431 g/mol. The molecule has 1 aromatic rings. The third-order valence-corrected chi connectivity index (χ3v) is 4.66. The number of alkyl halides is 6. The van der Waals surface area contributed by atoms with Gasteiger partial charge in [0.15, 0.2) is 5.82 Å². The molecule has 1 saturated heterocycles. The third kappa shape index (κ3) is 5.58. The van der Waals surface area contributed by atoms with E-state index in [1.165, 1.54) is 0 Å². The van der Waals surface area contributed by atoms with Gasteiger partial charge < -0.3 is 19.9 Å². The van der Waals surface area contributed by atoms with Gasteiger partial charge in [0.25, 0.3) is 0 Å². The Balaban J connectivity index is 0.000000370. The molecule has 0 spiro atoms. The zero-order chi connectivity index (χ0) is 22.0. The van der Waals surface area contributed by atoms with Crippen LogP contribution < -0.4 is 5.32 Å². The van der Waals surface area contributed by atoms with Crippen molar-refractivity contribution < 1.29 is 41.0 Å². The summed E-state index contributed by atoms with van der Waals surface area (Å²) in [4.78, 5) is 23.1. The van der Waals surface area contributed by atoms with Crippen molar-refractivity contribution in [1.82, 2.24) is 25.0 Å². The number of aliphatic carboxylic acids is 1. The Bertz CT molecular complexity index is 748. The van der Waals surface area contributed by atoms with Crippen LogP contribution in [-0.2, 0) is 28.9 Å². The molecule has 3 heterocycles. The molecule has 2 atom stereocenters. The lowest BCUT2D eigenvalue weighted by Crippen LogP contribution is -2.47. The van der Waals surface area contributed by atoms with Crippen LogP contribution >= 0.6 is 0 Å². The van der Waals surface area contributed by atoms with Crippen molar-refractivity contribution in [2.75, 3.05) is 19.6 Å². The lowest BCUT2D eigenvalue weighted by atomic mass is 9.86. The van der Waals surface area contributed by atoms with Crippen LogP contribution in [0.3, 0.4) is 0 Å². The molecule has 2 aliphatic rings. The van der Waals surface area contributed by atoms with Crippen LogP contribution in [-0.4, -0.2) is 62.5 Å². The fourth-order valence-corrected chi connectivity index (χ4v) is 3.17. The molecule has 2 aliphatic heterocycles. The molecule has 164 valence electrons. The predicted molar refractivity (Wildman–Crippen MR) is 84.3 cm³/mol. The van der Waals surface area contributed by atoms with Crippen LogP contribution in [0.4, 0.5) is 26.3 Å². The molecule has 1 fully saturated rings. The summed E-state index contributed by atoms with van der Waals surface area (Å²) < 4.78 is 71.2. The van der Waals surface area contributed by atoms with Crippen molar-refractivity contribution in [1.29, 1.82) is 0 Å². The second kappa shape index (κ2) is 8.55. The van der Waals surface area contributed by atoms with Gasteiger partial charge in [0.2, 0.25) is 11.7 Å². The molecule has 14 heteroatoms. The summed E-state index contributed by atoms with van der Waals surface area (Å²) in [6.45, 7) is 4.05. The fraction of sp³-hybridized carbons (Fsp3) is 0.733. The van der Waals surface area contributed by atoms with Gasteiger partial charge in [-0.25, -0.2) is 4.79 Å². The summed E-state index contributed by atoms with van der Waals surface area (Å²) in [5, 5.41) is 17.2. The Morgan fingerprint density at radius 1 is 1.14 bits per heavy atom. The molecular weight excluding hydrogens is 412 g/mol. The van der Waals surface area contributed by atoms with Crippen LogP contribution in [0.5, 0.6) is 0 Å². The number of fused-ring (bicyclic) bond motifs is 1. The van der Waals surface area contributed by atoms with Gasteiger partial charge in [-0.2, -0.15) is 26.3 Å². The summed E-state index contributed by atoms with van der Waals surface area (Å²) >= 11 is 0. The Hall–Kier alpha value is -2.38. The van der Waals surface area contributed by atoms with Crippen LogP contribution in [0.2, 0.25) is 0 Å². The standard InChI is InChI=1S/C13H18F3N5O.C2HF3O2/c1-8-6-17-3-2-9(8)11(22)20-4-5-21-10(7-20)18-19-12(21)13(14,15)16;3-2(4,5)1(6)7/h8-9,17H,2-7H2,1H3;(H,6,7). The molecule has 0 aromatic carbocycles. The zero-order valence-corrected chi connectivity index (χ0v) is 15.2. The van der Waals surface area contributed by atoms with E-state index >= 15 is 0 Å². The Labute approximate surface area is 160 Å². The molecule has 1 aromatic heterocycles. The first-order chi connectivity index (χ1) is 13.3. The van der Waals surface area contributed by atoms with Crippen LogP contribution in [0.1, 0.15) is 25.0 Å². The summed E-state index contributed by atoms with van der Waals surface area (Å²) in [5.74, 6) is -3.37. The topological polar surface area (TPSA) is 100 Å². The highest BCUT2D eigenvalue weighted by Crippen LogP contribution is 2.30. The molecule has 8 nitrogen and oxygen atoms in total. The van der Waals surface area contributed by atoms with E-state index in [0.29, 0.717) is 0 Å². The number of amides is 1. The van der Waals surface area contributed by atoms with Crippen LogP contribution in [0, 0.1) is 11.8 Å². The normalized spacial score (nSPS) is 22.4. The Morgan fingerprint density at radius 2 is 1.76 bits per heavy atom. The maximum absolute atomic E-state index is 12.8. The van der Waals surface area contributed by atoms with Gasteiger partial charge >= 0.3 is 18.3 Å². The lowest BCUT2D eigenvalue weighted by molar-refractivity contribution is -0.192. The lowest BCUT2D eigenvalue weighted by Gasteiger charge is -2.35. The van der Waals surface area contributed by atoms with E-state index in [1.807, 2.05) is 6.92 Å². The van der Waals surface area contributed by atoms with Crippen molar-refractivity contribution in [3.8, 4) is 0 Å². The maximum atomic E-state index is 12.8. The molecule has 2 unspecified atom stereocenters. The van der Waals surface area contributed by atoms with E-state index in [9.17, 15) is 31.1 Å². The van der Waals surface area contributed by atoms with Crippen molar-refractivity contribution in [2.45, 2.75) is 38.8 Å². The maximum Gasteiger partial charge on any atom is 0.490 e. The Morgan fingerprint density at radius 3 is 2.28 bits per heavy atom. The fourth-order valence-electron chi connectivity index (χ4n) is 3.17. The quantitative estimate of drug-likeness (QED) is 0.654. The van der Waals surface area contributed by atoms with Gasteiger partial charge in [-0.05, 0) is 25.4 Å². The number of carbonyl (C=O) groups excluding carboxylic acids is 1. The monoisotopic (exact) mass is 431 g/mol. The molecule has 3 rings (SSSR count). The van der Waals surface area contributed by atoms with E-state index in [0.717, 1.165) is 24.1 Å². The third-order valence-electron chi connectivity index (χ3n) is 4.66. The van der Waals surface area contributed by atoms with Gasteiger partial charge in [0, 0.05) is 19.0 Å². The van der Waals surface area contributed by atoms with Crippen molar-refractivity contribution in [3.63, 3.8) is 0 Å². The molecule has 1 amide bonds. The van der Waals surface area contributed by atoms with Crippen LogP contribution in [0.15, 0.2) is 0 Å². The minimum atomic E-state index is -5.08. The van der Waals surface area contributed by atoms with Gasteiger partial charge in [0.1, 0.15) is 0 Å². The Kier molecular flexibility index (Phi) is 6.75. The second-order valence-electron chi connectivity index (χ2n) is 6.73. The van der Waals surface area contributed by atoms with Crippen LogP contribution in [0.25, 0.3) is 0 Å². The molecule has 29 heavy (non-hydrogen) atoms. The number of carbonyl (C=O) groups is 2. The molecule has 0 aliphatic carbocycles. The molecule has 0 radical (unpaired) electrons. The zero-order valence-electron chi connectivity index (χ0n) is 15.2. The minimum Gasteiger partial charge on any atom is -0.475 e. The molecule has 2 N–H and O–H groups in total. The van der Waals surface area contributed by atoms with Crippen molar-refractivity contribution >= 4 is 11.9 Å². The number of piperidine rings is 1. The van der Waals surface area contributed by atoms with E-state index in [-0.39, 0.29) is 43.2 Å². The summed E-state index contributed by atoms with van der Waals surface area (Å²) in [5.41, 5.74) is 0. The number of carboxylic acid groups (broad SMARTS) is 1. The summed E-state index contributed by atoms with van der Waals surface area (Å²) in [6, 6.07) is 0. The smallest absolute Gasteiger partial charge is 0.475 e.